The van der Waals surface area contributed by atoms with Gasteiger partial charge < -0.3 is 5.11 Å². The molecular weight excluding hydrogens is 258 g/mol. The van der Waals surface area contributed by atoms with E-state index in [1.54, 1.807) is 24.4 Å². The zero-order chi connectivity index (χ0) is 14.1. The van der Waals surface area contributed by atoms with E-state index in [1.807, 2.05) is 6.07 Å². The summed E-state index contributed by atoms with van der Waals surface area (Å²) in [6.07, 6.45) is 2.33. The van der Waals surface area contributed by atoms with Crippen molar-refractivity contribution in [3.05, 3.63) is 36.2 Å². The average Bonchev–Trinajstić information content (AvgIpc) is 3.02. The van der Waals surface area contributed by atoms with E-state index in [0.717, 1.165) is 0 Å². The van der Waals surface area contributed by atoms with Crippen LogP contribution in [0.2, 0.25) is 0 Å². The van der Waals surface area contributed by atoms with Crippen LogP contribution in [0.25, 0.3) is 5.82 Å². The van der Waals surface area contributed by atoms with E-state index in [4.69, 9.17) is 5.26 Å². The molecule has 2 aromatic heterocycles. The summed E-state index contributed by atoms with van der Waals surface area (Å²) >= 11 is 0. The molecule has 2 aromatic rings. The Morgan fingerprint density at radius 1 is 1.45 bits per heavy atom. The molecular formula is C13H11N5O2. The van der Waals surface area contributed by atoms with Gasteiger partial charge in [-0.3, -0.25) is 9.69 Å². The van der Waals surface area contributed by atoms with E-state index >= 15 is 0 Å². The summed E-state index contributed by atoms with van der Waals surface area (Å²) in [6, 6.07) is 7.30. The smallest absolute Gasteiger partial charge is 0.230 e. The lowest BCUT2D eigenvalue weighted by Crippen LogP contribution is -2.28. The maximum atomic E-state index is 11.9. The lowest BCUT2D eigenvalue weighted by Gasteiger charge is -2.17. The number of anilines is 1. The number of pyridine rings is 1. The minimum atomic E-state index is -0.721. The van der Waals surface area contributed by atoms with E-state index in [-0.39, 0.29) is 24.4 Å². The third kappa shape index (κ3) is 1.92. The Kier molecular flexibility index (Phi) is 2.93. The molecule has 1 amide bonds. The first-order chi connectivity index (χ1) is 9.70. The van der Waals surface area contributed by atoms with Gasteiger partial charge in [-0.15, -0.1) is 0 Å². The minimum Gasteiger partial charge on any atom is -0.391 e. The molecule has 1 unspecified atom stereocenters. The van der Waals surface area contributed by atoms with Gasteiger partial charge in [-0.05, 0) is 12.1 Å². The summed E-state index contributed by atoms with van der Waals surface area (Å²) in [7, 11) is 0. The summed E-state index contributed by atoms with van der Waals surface area (Å²) < 4.78 is 1.44. The fourth-order valence-corrected chi connectivity index (χ4v) is 2.22. The summed E-state index contributed by atoms with van der Waals surface area (Å²) in [5.41, 5.74) is 0.276. The number of aliphatic hydroxyl groups excluding tert-OH is 1. The molecule has 7 heteroatoms. The fourth-order valence-electron chi connectivity index (χ4n) is 2.22. The molecule has 0 radical (unpaired) electrons. The number of hydrogen-bond acceptors (Lipinski definition) is 5. The van der Waals surface area contributed by atoms with Gasteiger partial charge in [-0.25, -0.2) is 4.98 Å². The minimum absolute atomic E-state index is 0.0538. The standard InChI is InChI=1S/C13H11N5O2/c14-6-9-7-16-18(11-3-1-2-4-15-11)13(9)17-8-10(19)5-12(17)20/h1-4,7,10,19H,5,8H2. The van der Waals surface area contributed by atoms with E-state index in [0.29, 0.717) is 11.6 Å². The molecule has 0 aromatic carbocycles. The van der Waals surface area contributed by atoms with Gasteiger partial charge in [-0.1, -0.05) is 6.07 Å². The van der Waals surface area contributed by atoms with Crippen LogP contribution in [-0.2, 0) is 4.79 Å². The lowest BCUT2D eigenvalue weighted by atomic mass is 10.3. The van der Waals surface area contributed by atoms with Crippen LogP contribution in [0, 0.1) is 11.3 Å². The first-order valence-electron chi connectivity index (χ1n) is 6.08. The van der Waals surface area contributed by atoms with Crippen LogP contribution in [-0.4, -0.2) is 38.4 Å². The predicted octanol–water partition coefficient (Wildman–Crippen LogP) is 0.237. The van der Waals surface area contributed by atoms with E-state index in [9.17, 15) is 9.90 Å². The quantitative estimate of drug-likeness (QED) is 0.842. The number of β-amino-alcohol motifs (C(OH)–C–C–N with tert-alkyl or cyclic N) is 1. The van der Waals surface area contributed by atoms with Crippen molar-refractivity contribution in [2.24, 2.45) is 0 Å². The molecule has 1 aliphatic rings. The van der Waals surface area contributed by atoms with Crippen LogP contribution in [0.4, 0.5) is 5.82 Å². The van der Waals surface area contributed by atoms with Crippen LogP contribution in [0.15, 0.2) is 30.6 Å². The second kappa shape index (κ2) is 4.75. The second-order valence-corrected chi connectivity index (χ2v) is 4.46. The van der Waals surface area contributed by atoms with Crippen LogP contribution < -0.4 is 4.90 Å². The topological polar surface area (TPSA) is 95.0 Å². The second-order valence-electron chi connectivity index (χ2n) is 4.46. The highest BCUT2D eigenvalue weighted by atomic mass is 16.3. The maximum absolute atomic E-state index is 11.9. The summed E-state index contributed by atoms with van der Waals surface area (Å²) in [5, 5.41) is 22.9. The summed E-state index contributed by atoms with van der Waals surface area (Å²) in [4.78, 5) is 17.5. The number of nitriles is 1. The Labute approximate surface area is 114 Å². The summed E-state index contributed by atoms with van der Waals surface area (Å²) in [5.74, 6) is 0.637. The molecule has 1 N–H and O–H groups in total. The van der Waals surface area contributed by atoms with Crippen molar-refractivity contribution in [3.63, 3.8) is 0 Å². The Bertz CT molecular complexity index is 689. The highest BCUT2D eigenvalue weighted by Crippen LogP contribution is 2.27. The highest BCUT2D eigenvalue weighted by molar-refractivity contribution is 5.96. The lowest BCUT2D eigenvalue weighted by molar-refractivity contribution is -0.117. The molecule has 1 atom stereocenters. The normalized spacial score (nSPS) is 18.3. The number of amides is 1. The van der Waals surface area contributed by atoms with Gasteiger partial charge in [0.05, 0.1) is 25.3 Å². The monoisotopic (exact) mass is 269 g/mol. The third-order valence-electron chi connectivity index (χ3n) is 3.09. The van der Waals surface area contributed by atoms with Gasteiger partial charge in [-0.2, -0.15) is 15.0 Å². The van der Waals surface area contributed by atoms with E-state index < -0.39 is 6.10 Å². The zero-order valence-electron chi connectivity index (χ0n) is 10.5. The van der Waals surface area contributed by atoms with Crippen molar-refractivity contribution >= 4 is 11.7 Å². The molecule has 0 spiro atoms. The first-order valence-corrected chi connectivity index (χ1v) is 6.08. The summed E-state index contributed by atoms with van der Waals surface area (Å²) in [6.45, 7) is 0.159. The molecule has 3 heterocycles. The molecule has 20 heavy (non-hydrogen) atoms. The Hall–Kier alpha value is -2.72. The van der Waals surface area contributed by atoms with Crippen molar-refractivity contribution < 1.29 is 9.90 Å². The number of aliphatic hydroxyl groups is 1. The zero-order valence-corrected chi connectivity index (χ0v) is 10.5. The van der Waals surface area contributed by atoms with Crippen molar-refractivity contribution in [2.45, 2.75) is 12.5 Å². The molecule has 0 saturated carbocycles. The van der Waals surface area contributed by atoms with Gasteiger partial charge in [0.25, 0.3) is 0 Å². The van der Waals surface area contributed by atoms with Gasteiger partial charge >= 0.3 is 0 Å². The molecule has 7 nitrogen and oxygen atoms in total. The number of rotatable bonds is 2. The Morgan fingerprint density at radius 2 is 2.30 bits per heavy atom. The third-order valence-corrected chi connectivity index (χ3v) is 3.09. The number of hydrogen-bond donors (Lipinski definition) is 1. The van der Waals surface area contributed by atoms with E-state index in [2.05, 4.69) is 10.1 Å². The predicted molar refractivity (Wildman–Crippen MR) is 69.1 cm³/mol. The molecule has 100 valence electrons. The number of aromatic nitrogens is 3. The molecule has 1 aliphatic heterocycles. The molecule has 0 bridgehead atoms. The molecule has 3 rings (SSSR count). The highest BCUT2D eigenvalue weighted by Gasteiger charge is 2.33. The van der Waals surface area contributed by atoms with Crippen LogP contribution in [0.5, 0.6) is 0 Å². The van der Waals surface area contributed by atoms with Crippen molar-refractivity contribution in [1.82, 2.24) is 14.8 Å². The Morgan fingerprint density at radius 3 is 2.90 bits per heavy atom. The van der Waals surface area contributed by atoms with Gasteiger partial charge in [0, 0.05) is 6.20 Å². The number of carbonyl (C=O) groups is 1. The van der Waals surface area contributed by atoms with E-state index in [1.165, 1.54) is 15.8 Å². The van der Waals surface area contributed by atoms with Crippen molar-refractivity contribution in [1.29, 1.82) is 5.26 Å². The first kappa shape index (κ1) is 12.3. The number of nitrogens with zero attached hydrogens (tertiary/aromatic N) is 5. The van der Waals surface area contributed by atoms with Gasteiger partial charge in [0.2, 0.25) is 5.91 Å². The van der Waals surface area contributed by atoms with Crippen molar-refractivity contribution in [2.75, 3.05) is 11.4 Å². The maximum Gasteiger partial charge on any atom is 0.230 e. The SMILES string of the molecule is N#Cc1cnn(-c2ccccn2)c1N1CC(O)CC1=O. The molecule has 1 fully saturated rings. The van der Waals surface area contributed by atoms with Crippen LogP contribution in [0.1, 0.15) is 12.0 Å². The van der Waals surface area contributed by atoms with Gasteiger partial charge in [0.15, 0.2) is 11.6 Å². The number of carbonyl (C=O) groups excluding carboxylic acids is 1. The fraction of sp³-hybridized carbons (Fsp3) is 0.231. The van der Waals surface area contributed by atoms with Gasteiger partial charge in [0.1, 0.15) is 11.6 Å². The average molecular weight is 269 g/mol. The largest absolute Gasteiger partial charge is 0.391 e. The van der Waals surface area contributed by atoms with Crippen LogP contribution >= 0.6 is 0 Å². The Balaban J connectivity index is 2.12. The molecule has 0 aliphatic carbocycles. The van der Waals surface area contributed by atoms with Crippen molar-refractivity contribution in [3.8, 4) is 11.9 Å². The molecule has 1 saturated heterocycles. The van der Waals surface area contributed by atoms with Crippen LogP contribution in [0.3, 0.4) is 0 Å².